The molecule has 0 saturated carbocycles. The third kappa shape index (κ3) is 67.1. The molecular formula is C38H84CrN2O4. The van der Waals surface area contributed by atoms with Crippen molar-refractivity contribution in [3.8, 4) is 0 Å². The number of rotatable bonds is 30. The van der Waals surface area contributed by atoms with Gasteiger partial charge >= 0.3 is 29.5 Å². The average Bonchev–Trinajstić information content (AvgIpc) is 2.92. The number of nitrogens with zero attached hydrogens (tertiary/aromatic N) is 2. The van der Waals surface area contributed by atoms with E-state index < -0.39 is 13.6 Å². The Morgan fingerprint density at radius 1 is 0.333 bits per heavy atom. The van der Waals surface area contributed by atoms with Crippen molar-refractivity contribution in [2.45, 2.75) is 194 Å². The maximum atomic E-state index is 8.59. The Bertz CT molecular complexity index is 608. The number of quaternary nitrogens is 2. The molecule has 0 aliphatic rings. The first kappa shape index (κ1) is 49.4. The Balaban J connectivity index is -0.000000680. The van der Waals surface area contributed by atoms with Crippen LogP contribution >= 0.6 is 0 Å². The van der Waals surface area contributed by atoms with Crippen LogP contribution in [0.15, 0.2) is 0 Å². The molecular weight excluding hydrogens is 600 g/mol. The normalized spacial score (nSPS) is 12.0. The molecule has 0 fully saturated rings. The summed E-state index contributed by atoms with van der Waals surface area (Å²) in [4.78, 5) is 0. The zero-order valence-electron chi connectivity index (χ0n) is 32.1. The van der Waals surface area contributed by atoms with Crippen LogP contribution in [0, 0.1) is 0 Å². The Labute approximate surface area is 286 Å². The maximum absolute atomic E-state index is 8.59. The summed E-state index contributed by atoms with van der Waals surface area (Å²) >= 11 is -5.75. The summed E-state index contributed by atoms with van der Waals surface area (Å²) in [5, 5.41) is 0. The van der Waals surface area contributed by atoms with E-state index in [4.69, 9.17) is 15.9 Å². The van der Waals surface area contributed by atoms with Crippen LogP contribution in [0.1, 0.15) is 194 Å². The predicted octanol–water partition coefficient (Wildman–Crippen LogP) is 9.73. The molecule has 0 spiro atoms. The topological polar surface area (TPSA) is 80.3 Å². The van der Waals surface area contributed by atoms with E-state index in [-0.39, 0.29) is 0 Å². The zero-order chi connectivity index (χ0) is 34.7. The third-order valence-electron chi connectivity index (χ3n) is 8.36. The fourth-order valence-corrected chi connectivity index (χ4v) is 5.56. The molecule has 0 aromatic carbocycles. The minimum absolute atomic E-state index is 1.12. The van der Waals surface area contributed by atoms with Gasteiger partial charge in [0.05, 0.1) is 55.4 Å². The van der Waals surface area contributed by atoms with Crippen molar-refractivity contribution in [1.29, 1.82) is 0 Å². The van der Waals surface area contributed by atoms with Gasteiger partial charge in [-0.05, 0) is 25.7 Å². The van der Waals surface area contributed by atoms with E-state index in [1.165, 1.54) is 193 Å². The third-order valence-corrected chi connectivity index (χ3v) is 8.36. The summed E-state index contributed by atoms with van der Waals surface area (Å²) in [7, 11) is 13.8. The second-order valence-electron chi connectivity index (χ2n) is 15.6. The number of unbranched alkanes of at least 4 members (excludes halogenated alkanes) is 26. The molecule has 0 aromatic rings. The zero-order valence-corrected chi connectivity index (χ0v) is 33.4. The molecule has 0 saturated heterocycles. The van der Waals surface area contributed by atoms with Crippen molar-refractivity contribution in [2.75, 3.05) is 55.4 Å². The second kappa shape index (κ2) is 35.3. The van der Waals surface area contributed by atoms with Gasteiger partial charge in [-0.15, -0.1) is 0 Å². The molecule has 6 nitrogen and oxygen atoms in total. The van der Waals surface area contributed by atoms with Gasteiger partial charge in [0.1, 0.15) is 0 Å². The molecule has 0 rings (SSSR count). The van der Waals surface area contributed by atoms with Crippen LogP contribution in [0.3, 0.4) is 0 Å². The first-order valence-corrected chi connectivity index (χ1v) is 21.5. The van der Waals surface area contributed by atoms with Gasteiger partial charge in [0, 0.05) is 0 Å². The van der Waals surface area contributed by atoms with Gasteiger partial charge in [0.25, 0.3) is 0 Å². The van der Waals surface area contributed by atoms with Gasteiger partial charge < -0.3 is 8.97 Å². The van der Waals surface area contributed by atoms with Crippen LogP contribution in [0.25, 0.3) is 0 Å². The summed E-state index contributed by atoms with van der Waals surface area (Å²) in [5.41, 5.74) is 0. The van der Waals surface area contributed by atoms with Crippen LogP contribution in [0.5, 0.6) is 0 Å². The number of hydrogen-bond donors (Lipinski definition) is 0. The quantitative estimate of drug-likeness (QED) is 0.0557. The second-order valence-corrected chi connectivity index (χ2v) is 16.9. The van der Waals surface area contributed by atoms with Gasteiger partial charge in [0.2, 0.25) is 0 Å². The molecule has 0 amide bonds. The molecule has 0 atom stereocenters. The van der Waals surface area contributed by atoms with Gasteiger partial charge in [0.15, 0.2) is 0 Å². The summed E-state index contributed by atoms with van der Waals surface area (Å²) in [6.07, 6.45) is 40.7. The predicted molar refractivity (Wildman–Crippen MR) is 188 cm³/mol. The van der Waals surface area contributed by atoms with Crippen molar-refractivity contribution in [3.63, 3.8) is 0 Å². The van der Waals surface area contributed by atoms with E-state index in [0.717, 1.165) is 8.97 Å². The SMILES string of the molecule is CCCCCCCCCCCCCCCC[N+](C)(C)C.CCCCCCCCCCCCCCCC[N+](C)(C)C.[O]=[Cr](=[O])([O-])[O-]. The van der Waals surface area contributed by atoms with Crippen LogP contribution < -0.4 is 8.32 Å². The fourth-order valence-electron chi connectivity index (χ4n) is 5.56. The summed E-state index contributed by atoms with van der Waals surface area (Å²) in [5.74, 6) is 0. The van der Waals surface area contributed by atoms with Crippen molar-refractivity contribution in [2.24, 2.45) is 0 Å². The first-order chi connectivity index (χ1) is 21.1. The fraction of sp³-hybridized carbons (Fsp3) is 1.00. The summed E-state index contributed by atoms with van der Waals surface area (Å²) < 4.78 is 36.6. The molecule has 0 bridgehead atoms. The van der Waals surface area contributed by atoms with Crippen LogP contribution in [0.4, 0.5) is 0 Å². The van der Waals surface area contributed by atoms with Gasteiger partial charge in [-0.3, -0.25) is 0 Å². The van der Waals surface area contributed by atoms with E-state index in [1.54, 1.807) is 0 Å². The minimum atomic E-state index is -5.75. The Morgan fingerprint density at radius 2 is 0.467 bits per heavy atom. The van der Waals surface area contributed by atoms with E-state index in [0.29, 0.717) is 0 Å². The molecule has 0 aliphatic heterocycles. The first-order valence-electron chi connectivity index (χ1n) is 19.4. The summed E-state index contributed by atoms with van der Waals surface area (Å²) in [6.45, 7) is 7.25. The van der Waals surface area contributed by atoms with Crippen molar-refractivity contribution in [3.05, 3.63) is 0 Å². The molecule has 0 N–H and O–H groups in total. The Morgan fingerprint density at radius 3 is 0.600 bits per heavy atom. The van der Waals surface area contributed by atoms with Crippen molar-refractivity contribution in [1.82, 2.24) is 0 Å². The Kier molecular flexibility index (Phi) is 38.7. The molecule has 45 heavy (non-hydrogen) atoms. The van der Waals surface area contributed by atoms with E-state index in [9.17, 15) is 0 Å². The molecule has 0 unspecified atom stereocenters. The van der Waals surface area contributed by atoms with Crippen molar-refractivity contribution >= 4 is 0 Å². The Hall–Kier alpha value is -0.0275. The average molecular weight is 685 g/mol. The molecule has 7 heteroatoms. The van der Waals surface area contributed by atoms with Crippen LogP contribution in [-0.4, -0.2) is 64.3 Å². The molecule has 0 aromatic heterocycles. The van der Waals surface area contributed by atoms with E-state index in [2.05, 4.69) is 56.1 Å². The molecule has 276 valence electrons. The number of hydrogen-bond acceptors (Lipinski definition) is 4. The van der Waals surface area contributed by atoms with Gasteiger partial charge in [-0.1, -0.05) is 168 Å². The van der Waals surface area contributed by atoms with Gasteiger partial charge in [-0.2, -0.15) is 0 Å². The van der Waals surface area contributed by atoms with Gasteiger partial charge in [-0.25, -0.2) is 0 Å². The molecule has 0 radical (unpaired) electrons. The monoisotopic (exact) mass is 685 g/mol. The standard InChI is InChI=1S/2C19H42N.Cr.4O/c2*1-5-6-7-8-9-10-11-12-13-14-15-16-17-18-19-20(2,3)4;;;;;/h2*5-19H2,1-4H3;;;;;/q2*+1;;;;2*-1. The molecule has 0 aliphatic carbocycles. The van der Waals surface area contributed by atoms with Crippen molar-refractivity contribution < 1.29 is 38.5 Å². The van der Waals surface area contributed by atoms with Crippen LogP contribution in [-0.2, 0) is 21.2 Å². The summed E-state index contributed by atoms with van der Waals surface area (Å²) in [6, 6.07) is 0. The van der Waals surface area contributed by atoms with Crippen LogP contribution in [0.2, 0.25) is 0 Å². The molecule has 0 heterocycles. The van der Waals surface area contributed by atoms with E-state index in [1.807, 2.05) is 0 Å². The van der Waals surface area contributed by atoms with E-state index >= 15 is 0 Å².